The largest absolute Gasteiger partial charge is 0.494 e. The number of carbonyl (C=O) groups is 1. The van der Waals surface area contributed by atoms with Crippen LogP contribution in [0.2, 0.25) is 0 Å². The van der Waals surface area contributed by atoms with Gasteiger partial charge >= 0.3 is 0 Å². The highest BCUT2D eigenvalue weighted by molar-refractivity contribution is 5.87. The van der Waals surface area contributed by atoms with Gasteiger partial charge in [-0.25, -0.2) is 0 Å². The quantitative estimate of drug-likeness (QED) is 0.569. The molecule has 96 valence electrons. The predicted octanol–water partition coefficient (Wildman–Crippen LogP) is 2.27. The molecule has 2 aliphatic carbocycles. The Labute approximate surface area is 104 Å². The highest BCUT2D eigenvalue weighted by atomic mass is 16.5. The van der Waals surface area contributed by atoms with E-state index in [0.717, 1.165) is 24.0 Å². The first-order chi connectivity index (χ1) is 8.10. The maximum absolute atomic E-state index is 11.2. The molecule has 2 rings (SSSR count). The summed E-state index contributed by atoms with van der Waals surface area (Å²) in [5.41, 5.74) is 0. The molecule has 3 heteroatoms. The minimum absolute atomic E-state index is 0.0767. The van der Waals surface area contributed by atoms with Crippen LogP contribution < -0.4 is 5.32 Å². The monoisotopic (exact) mass is 237 g/mol. The van der Waals surface area contributed by atoms with E-state index >= 15 is 0 Å². The first-order valence-corrected chi connectivity index (χ1v) is 6.65. The number of fused-ring (bicyclic) bond motifs is 1. The minimum atomic E-state index is 0.0767. The van der Waals surface area contributed by atoms with Crippen LogP contribution in [0.3, 0.4) is 0 Å². The van der Waals surface area contributed by atoms with Crippen molar-refractivity contribution in [3.8, 4) is 0 Å². The summed E-state index contributed by atoms with van der Waals surface area (Å²) in [6.45, 7) is 3.69. The predicted molar refractivity (Wildman–Crippen MR) is 67.6 cm³/mol. The molecule has 0 amide bonds. The molecule has 0 aromatic heterocycles. The van der Waals surface area contributed by atoms with Crippen LogP contribution in [0.1, 0.15) is 39.5 Å². The normalized spacial score (nSPS) is 33.1. The fourth-order valence-corrected chi connectivity index (χ4v) is 2.76. The van der Waals surface area contributed by atoms with Crippen molar-refractivity contribution in [2.24, 2.45) is 11.8 Å². The first kappa shape index (κ1) is 12.6. The lowest BCUT2D eigenvalue weighted by Crippen LogP contribution is -2.49. The molecule has 0 radical (unpaired) electrons. The third kappa shape index (κ3) is 2.89. The van der Waals surface area contributed by atoms with Crippen molar-refractivity contribution < 1.29 is 9.53 Å². The van der Waals surface area contributed by atoms with E-state index in [1.165, 1.54) is 19.3 Å². The van der Waals surface area contributed by atoms with Gasteiger partial charge in [0.15, 0.2) is 5.78 Å². The Morgan fingerprint density at radius 2 is 2.29 bits per heavy atom. The standard InChI is InChI=1S/C14H23NO2/c1-9(15-3)6-12(7-10(2)16)17-14-8-11-4-5-13(11)14/h7,9,11,13-15H,4-6,8H2,1-3H3/b12-7+. The summed E-state index contributed by atoms with van der Waals surface area (Å²) in [6, 6.07) is 0.345. The molecule has 3 nitrogen and oxygen atoms in total. The third-order valence-corrected chi connectivity index (χ3v) is 4.16. The summed E-state index contributed by atoms with van der Waals surface area (Å²) in [4.78, 5) is 11.2. The number of rotatable bonds is 6. The maximum Gasteiger partial charge on any atom is 0.155 e. The van der Waals surface area contributed by atoms with E-state index in [-0.39, 0.29) is 5.78 Å². The smallest absolute Gasteiger partial charge is 0.155 e. The number of allylic oxidation sites excluding steroid dienone is 1. The molecule has 4 atom stereocenters. The highest BCUT2D eigenvalue weighted by Crippen LogP contribution is 2.52. The molecule has 2 fully saturated rings. The Bertz CT molecular complexity index is 324. The Kier molecular flexibility index (Phi) is 3.87. The second-order valence-corrected chi connectivity index (χ2v) is 5.51. The van der Waals surface area contributed by atoms with Crippen LogP contribution in [0.15, 0.2) is 11.8 Å². The van der Waals surface area contributed by atoms with Gasteiger partial charge in [0.1, 0.15) is 11.9 Å². The number of ether oxygens (including phenoxy) is 1. The molecule has 0 saturated heterocycles. The highest BCUT2D eigenvalue weighted by Gasteiger charge is 2.48. The number of hydrogen-bond donors (Lipinski definition) is 1. The molecule has 0 aromatic rings. The van der Waals surface area contributed by atoms with Crippen LogP contribution in [0.4, 0.5) is 0 Å². The van der Waals surface area contributed by atoms with Gasteiger partial charge in [0.25, 0.3) is 0 Å². The van der Waals surface area contributed by atoms with Crippen molar-refractivity contribution in [3.63, 3.8) is 0 Å². The number of nitrogens with one attached hydrogen (secondary N) is 1. The zero-order valence-electron chi connectivity index (χ0n) is 11.0. The molecular weight excluding hydrogens is 214 g/mol. The Balaban J connectivity index is 1.88. The van der Waals surface area contributed by atoms with Crippen LogP contribution in [0.25, 0.3) is 0 Å². The molecule has 2 saturated carbocycles. The summed E-state index contributed by atoms with van der Waals surface area (Å²) in [5, 5.41) is 3.18. The average molecular weight is 237 g/mol. The summed E-state index contributed by atoms with van der Waals surface area (Å²) >= 11 is 0. The van der Waals surface area contributed by atoms with Gasteiger partial charge in [0.2, 0.25) is 0 Å². The topological polar surface area (TPSA) is 38.3 Å². The summed E-state index contributed by atoms with van der Waals surface area (Å²) in [5.74, 6) is 2.62. The van der Waals surface area contributed by atoms with Gasteiger partial charge in [-0.05, 0) is 52.0 Å². The molecule has 0 aromatic carbocycles. The lowest BCUT2D eigenvalue weighted by Gasteiger charge is -2.52. The minimum Gasteiger partial charge on any atom is -0.494 e. The lowest BCUT2D eigenvalue weighted by molar-refractivity contribution is -0.117. The van der Waals surface area contributed by atoms with Crippen LogP contribution in [-0.4, -0.2) is 25.0 Å². The van der Waals surface area contributed by atoms with Crippen LogP contribution >= 0.6 is 0 Å². The van der Waals surface area contributed by atoms with Gasteiger partial charge in [0, 0.05) is 18.5 Å². The van der Waals surface area contributed by atoms with E-state index in [1.54, 1.807) is 13.0 Å². The second kappa shape index (κ2) is 5.21. The van der Waals surface area contributed by atoms with Crippen LogP contribution in [0.5, 0.6) is 0 Å². The van der Waals surface area contributed by atoms with Gasteiger partial charge in [-0.3, -0.25) is 4.79 Å². The van der Waals surface area contributed by atoms with Crippen molar-refractivity contribution >= 4 is 5.78 Å². The first-order valence-electron chi connectivity index (χ1n) is 6.65. The SMILES string of the molecule is CNC(C)C/C(=C\C(C)=O)OC1CC2CCC21. The third-order valence-electron chi connectivity index (χ3n) is 4.16. The fourth-order valence-electron chi connectivity index (χ4n) is 2.76. The maximum atomic E-state index is 11.2. The zero-order valence-corrected chi connectivity index (χ0v) is 11.0. The molecular formula is C14H23NO2. The second-order valence-electron chi connectivity index (χ2n) is 5.51. The van der Waals surface area contributed by atoms with Crippen LogP contribution in [0, 0.1) is 11.8 Å². The van der Waals surface area contributed by atoms with Gasteiger partial charge in [-0.15, -0.1) is 0 Å². The van der Waals surface area contributed by atoms with Crippen molar-refractivity contribution in [1.82, 2.24) is 5.32 Å². The lowest BCUT2D eigenvalue weighted by atomic mass is 9.58. The van der Waals surface area contributed by atoms with Gasteiger partial charge in [-0.1, -0.05) is 0 Å². The summed E-state index contributed by atoms with van der Waals surface area (Å²) in [7, 11) is 1.93. The van der Waals surface area contributed by atoms with Gasteiger partial charge in [-0.2, -0.15) is 0 Å². The molecule has 4 unspecified atom stereocenters. The van der Waals surface area contributed by atoms with Gasteiger partial charge in [0.05, 0.1) is 0 Å². The Morgan fingerprint density at radius 3 is 2.71 bits per heavy atom. The summed E-state index contributed by atoms with van der Waals surface area (Å²) in [6.07, 6.45) is 6.70. The molecule has 0 spiro atoms. The number of ketones is 1. The Morgan fingerprint density at radius 1 is 1.53 bits per heavy atom. The van der Waals surface area contributed by atoms with E-state index in [0.29, 0.717) is 12.1 Å². The van der Waals surface area contributed by atoms with Crippen molar-refractivity contribution in [3.05, 3.63) is 11.8 Å². The van der Waals surface area contributed by atoms with Crippen molar-refractivity contribution in [2.75, 3.05) is 7.05 Å². The number of carbonyl (C=O) groups excluding carboxylic acids is 1. The van der Waals surface area contributed by atoms with E-state index in [1.807, 2.05) is 7.05 Å². The van der Waals surface area contributed by atoms with Crippen LogP contribution in [-0.2, 0) is 9.53 Å². The van der Waals surface area contributed by atoms with E-state index < -0.39 is 0 Å². The molecule has 0 heterocycles. The average Bonchev–Trinajstić information content (AvgIpc) is 2.23. The molecule has 1 N–H and O–H groups in total. The van der Waals surface area contributed by atoms with Crippen molar-refractivity contribution in [1.29, 1.82) is 0 Å². The molecule has 2 aliphatic rings. The fraction of sp³-hybridized carbons (Fsp3) is 0.786. The Hall–Kier alpha value is -0.830. The molecule has 0 bridgehead atoms. The molecule has 17 heavy (non-hydrogen) atoms. The van der Waals surface area contributed by atoms with E-state index in [4.69, 9.17) is 4.74 Å². The summed E-state index contributed by atoms with van der Waals surface area (Å²) < 4.78 is 6.00. The van der Waals surface area contributed by atoms with Gasteiger partial charge < -0.3 is 10.1 Å². The zero-order chi connectivity index (χ0) is 12.4. The van der Waals surface area contributed by atoms with E-state index in [9.17, 15) is 4.79 Å². The molecule has 0 aliphatic heterocycles. The number of hydrogen-bond acceptors (Lipinski definition) is 3. The van der Waals surface area contributed by atoms with Crippen molar-refractivity contribution in [2.45, 2.75) is 51.7 Å². The van der Waals surface area contributed by atoms with E-state index in [2.05, 4.69) is 12.2 Å².